The highest BCUT2D eigenvalue weighted by Gasteiger charge is 2.15. The highest BCUT2D eigenvalue weighted by Crippen LogP contribution is 2.12. The second-order valence-corrected chi connectivity index (χ2v) is 5.74. The SMILES string of the molecule is C/C(=N\NC(=O)OC(C)(C)C)c1cccc(Br)c1. The second-order valence-electron chi connectivity index (χ2n) is 4.82. The molecule has 0 spiro atoms. The lowest BCUT2D eigenvalue weighted by atomic mass is 10.1. The van der Waals surface area contributed by atoms with Gasteiger partial charge in [-0.05, 0) is 45.4 Å². The molecule has 0 radical (unpaired) electrons. The van der Waals surface area contributed by atoms with E-state index in [1.54, 1.807) is 20.8 Å². The number of benzene rings is 1. The molecular weight excluding hydrogens is 296 g/mol. The molecule has 1 aromatic rings. The standard InChI is InChI=1S/C13H17BrN2O2/c1-9(10-6-5-7-11(14)8-10)15-16-12(17)18-13(2,3)4/h5-8H,1-4H3,(H,16,17)/b15-9+. The summed E-state index contributed by atoms with van der Waals surface area (Å²) in [4.78, 5) is 11.4. The normalized spacial score (nSPS) is 12.2. The van der Waals surface area contributed by atoms with E-state index in [4.69, 9.17) is 4.74 Å². The number of carbonyl (C=O) groups is 1. The van der Waals surface area contributed by atoms with Crippen LogP contribution in [0.25, 0.3) is 0 Å². The highest BCUT2D eigenvalue weighted by atomic mass is 79.9. The molecule has 4 nitrogen and oxygen atoms in total. The summed E-state index contributed by atoms with van der Waals surface area (Å²) < 4.78 is 6.05. The lowest BCUT2D eigenvalue weighted by Gasteiger charge is -2.18. The fourth-order valence-electron chi connectivity index (χ4n) is 1.21. The minimum atomic E-state index is -0.558. The van der Waals surface area contributed by atoms with Crippen molar-refractivity contribution in [1.82, 2.24) is 5.43 Å². The Morgan fingerprint density at radius 3 is 2.61 bits per heavy atom. The molecule has 1 amide bonds. The molecule has 1 aromatic carbocycles. The average molecular weight is 313 g/mol. The van der Waals surface area contributed by atoms with Crippen molar-refractivity contribution < 1.29 is 9.53 Å². The van der Waals surface area contributed by atoms with Crippen LogP contribution in [0.4, 0.5) is 4.79 Å². The van der Waals surface area contributed by atoms with Crippen LogP contribution in [0.2, 0.25) is 0 Å². The van der Waals surface area contributed by atoms with Gasteiger partial charge >= 0.3 is 6.09 Å². The minimum absolute atomic E-state index is 0.525. The first-order valence-electron chi connectivity index (χ1n) is 5.57. The number of hydrogen-bond donors (Lipinski definition) is 1. The van der Waals surface area contributed by atoms with E-state index in [1.807, 2.05) is 31.2 Å². The Hall–Kier alpha value is -1.36. The van der Waals surface area contributed by atoms with Crippen LogP contribution in [-0.2, 0) is 4.74 Å². The van der Waals surface area contributed by atoms with Gasteiger partial charge in [-0.25, -0.2) is 10.2 Å². The molecule has 1 N–H and O–H groups in total. The summed E-state index contributed by atoms with van der Waals surface area (Å²) in [6, 6.07) is 7.68. The number of ether oxygens (including phenoxy) is 1. The summed E-state index contributed by atoms with van der Waals surface area (Å²) >= 11 is 3.38. The van der Waals surface area contributed by atoms with Gasteiger partial charge in [-0.3, -0.25) is 0 Å². The van der Waals surface area contributed by atoms with Crippen LogP contribution in [0.1, 0.15) is 33.3 Å². The maximum absolute atomic E-state index is 11.4. The van der Waals surface area contributed by atoms with Crippen molar-refractivity contribution in [2.45, 2.75) is 33.3 Å². The molecule has 0 unspecified atom stereocenters. The van der Waals surface area contributed by atoms with E-state index < -0.39 is 11.7 Å². The number of hydrazone groups is 1. The molecule has 0 fully saturated rings. The summed E-state index contributed by atoms with van der Waals surface area (Å²) in [5.74, 6) is 0. The first-order valence-corrected chi connectivity index (χ1v) is 6.36. The van der Waals surface area contributed by atoms with Crippen LogP contribution in [0, 0.1) is 0 Å². The van der Waals surface area contributed by atoms with Gasteiger partial charge in [-0.1, -0.05) is 28.1 Å². The van der Waals surface area contributed by atoms with Gasteiger partial charge < -0.3 is 4.74 Å². The fraction of sp³-hybridized carbons (Fsp3) is 0.385. The lowest BCUT2D eigenvalue weighted by Crippen LogP contribution is -2.30. The van der Waals surface area contributed by atoms with Gasteiger partial charge in [0.25, 0.3) is 0 Å². The molecule has 0 aliphatic rings. The molecule has 0 heterocycles. The number of nitrogens with zero attached hydrogens (tertiary/aromatic N) is 1. The van der Waals surface area contributed by atoms with Crippen molar-refractivity contribution >= 4 is 27.7 Å². The molecule has 5 heteroatoms. The Morgan fingerprint density at radius 1 is 1.39 bits per heavy atom. The number of halogens is 1. The van der Waals surface area contributed by atoms with E-state index in [0.29, 0.717) is 5.71 Å². The predicted molar refractivity (Wildman–Crippen MR) is 75.7 cm³/mol. The quantitative estimate of drug-likeness (QED) is 0.668. The van der Waals surface area contributed by atoms with Crippen molar-refractivity contribution in [1.29, 1.82) is 0 Å². The summed E-state index contributed by atoms with van der Waals surface area (Å²) in [5, 5.41) is 3.99. The van der Waals surface area contributed by atoms with E-state index in [9.17, 15) is 4.79 Å². The van der Waals surface area contributed by atoms with E-state index in [2.05, 4.69) is 26.5 Å². The Bertz CT molecular complexity index is 464. The molecule has 0 bridgehead atoms. The van der Waals surface area contributed by atoms with Gasteiger partial charge in [0.05, 0.1) is 5.71 Å². The summed E-state index contributed by atoms with van der Waals surface area (Å²) in [6.45, 7) is 7.23. The molecule has 1 rings (SSSR count). The molecule has 0 aromatic heterocycles. The molecule has 0 saturated carbocycles. The van der Waals surface area contributed by atoms with Gasteiger partial charge in [0.15, 0.2) is 0 Å². The number of hydrogen-bond acceptors (Lipinski definition) is 3. The Morgan fingerprint density at radius 2 is 2.06 bits per heavy atom. The maximum Gasteiger partial charge on any atom is 0.428 e. The fourth-order valence-corrected chi connectivity index (χ4v) is 1.61. The van der Waals surface area contributed by atoms with E-state index in [1.165, 1.54) is 0 Å². The molecule has 0 aliphatic heterocycles. The zero-order chi connectivity index (χ0) is 13.8. The summed E-state index contributed by atoms with van der Waals surface area (Å²) in [7, 11) is 0. The van der Waals surface area contributed by atoms with Crippen molar-refractivity contribution in [3.05, 3.63) is 34.3 Å². The first-order chi connectivity index (χ1) is 8.28. The Balaban J connectivity index is 2.65. The topological polar surface area (TPSA) is 50.7 Å². The summed E-state index contributed by atoms with van der Waals surface area (Å²) in [6.07, 6.45) is -0.558. The van der Waals surface area contributed by atoms with E-state index >= 15 is 0 Å². The van der Waals surface area contributed by atoms with Crippen molar-refractivity contribution in [3.8, 4) is 0 Å². The third-order valence-corrected chi connectivity index (χ3v) is 2.45. The van der Waals surface area contributed by atoms with E-state index in [-0.39, 0.29) is 0 Å². The zero-order valence-corrected chi connectivity index (χ0v) is 12.5. The summed E-state index contributed by atoms with van der Waals surface area (Å²) in [5.41, 5.74) is 3.49. The molecule has 0 saturated heterocycles. The van der Waals surface area contributed by atoms with Gasteiger partial charge in [-0.15, -0.1) is 0 Å². The average Bonchev–Trinajstić information content (AvgIpc) is 2.23. The van der Waals surface area contributed by atoms with Gasteiger partial charge in [0.1, 0.15) is 5.60 Å². The van der Waals surface area contributed by atoms with Crippen molar-refractivity contribution in [2.75, 3.05) is 0 Å². The molecule has 98 valence electrons. The number of rotatable bonds is 2. The van der Waals surface area contributed by atoms with Crippen molar-refractivity contribution in [2.24, 2.45) is 5.10 Å². The first kappa shape index (κ1) is 14.7. The molecular formula is C13H17BrN2O2. The number of carbonyl (C=O) groups excluding carboxylic acids is 1. The largest absolute Gasteiger partial charge is 0.443 e. The number of amides is 1. The third kappa shape index (κ3) is 5.31. The van der Waals surface area contributed by atoms with Crippen LogP contribution in [-0.4, -0.2) is 17.4 Å². The van der Waals surface area contributed by atoms with Crippen LogP contribution in [0.5, 0.6) is 0 Å². The predicted octanol–water partition coefficient (Wildman–Crippen LogP) is 3.70. The van der Waals surface area contributed by atoms with Gasteiger partial charge in [0, 0.05) is 4.47 Å². The van der Waals surface area contributed by atoms with Crippen LogP contribution in [0.3, 0.4) is 0 Å². The van der Waals surface area contributed by atoms with Crippen LogP contribution < -0.4 is 5.43 Å². The monoisotopic (exact) mass is 312 g/mol. The third-order valence-electron chi connectivity index (χ3n) is 1.96. The minimum Gasteiger partial charge on any atom is -0.443 e. The van der Waals surface area contributed by atoms with Crippen LogP contribution in [0.15, 0.2) is 33.8 Å². The lowest BCUT2D eigenvalue weighted by molar-refractivity contribution is 0.0529. The highest BCUT2D eigenvalue weighted by molar-refractivity contribution is 9.10. The Kier molecular flexibility index (Phi) is 4.90. The van der Waals surface area contributed by atoms with Crippen LogP contribution >= 0.6 is 15.9 Å². The number of nitrogens with one attached hydrogen (secondary N) is 1. The zero-order valence-electron chi connectivity index (χ0n) is 11.0. The Labute approximate surface area is 116 Å². The van der Waals surface area contributed by atoms with Crippen molar-refractivity contribution in [3.63, 3.8) is 0 Å². The van der Waals surface area contributed by atoms with Gasteiger partial charge in [-0.2, -0.15) is 5.10 Å². The molecule has 0 atom stereocenters. The smallest absolute Gasteiger partial charge is 0.428 e. The van der Waals surface area contributed by atoms with E-state index in [0.717, 1.165) is 10.0 Å². The molecule has 0 aliphatic carbocycles. The maximum atomic E-state index is 11.4. The second kappa shape index (κ2) is 6.00. The molecule has 18 heavy (non-hydrogen) atoms. The van der Waals surface area contributed by atoms with Gasteiger partial charge in [0.2, 0.25) is 0 Å².